The van der Waals surface area contributed by atoms with Gasteiger partial charge in [-0.1, -0.05) is 37.9 Å². The van der Waals surface area contributed by atoms with Crippen LogP contribution in [0.1, 0.15) is 44.7 Å². The Morgan fingerprint density at radius 2 is 2.05 bits per heavy atom. The summed E-state index contributed by atoms with van der Waals surface area (Å²) in [7, 11) is 1.58. The lowest BCUT2D eigenvalue weighted by Crippen LogP contribution is -2.32. The van der Waals surface area contributed by atoms with Gasteiger partial charge in [-0.3, -0.25) is 0 Å². The number of nitrogens with one attached hydrogen (secondary N) is 1. The molecule has 1 aromatic carbocycles. The standard InChI is InChI=1S/C16H27N3O2/c1-5-13(6-2)11(3)18-10-12-7-8-14(16(17)19-20)15(9-12)21-4/h7-9,11,13,18,20H,5-6,10H2,1-4H3,(H2,17,19). The Labute approximate surface area is 127 Å². The molecule has 5 heteroatoms. The molecule has 118 valence electrons. The summed E-state index contributed by atoms with van der Waals surface area (Å²) in [5.41, 5.74) is 7.33. The maximum Gasteiger partial charge on any atom is 0.173 e. The fourth-order valence-electron chi connectivity index (χ4n) is 2.55. The highest BCUT2D eigenvalue weighted by Crippen LogP contribution is 2.20. The summed E-state index contributed by atoms with van der Waals surface area (Å²) in [6.07, 6.45) is 2.35. The second-order valence-corrected chi connectivity index (χ2v) is 5.27. The number of nitrogens with zero attached hydrogens (tertiary/aromatic N) is 1. The molecule has 0 aromatic heterocycles. The first kappa shape index (κ1) is 17.3. The molecule has 0 fully saturated rings. The van der Waals surface area contributed by atoms with Gasteiger partial charge in [-0.05, 0) is 30.5 Å². The van der Waals surface area contributed by atoms with Crippen molar-refractivity contribution in [3.05, 3.63) is 29.3 Å². The minimum atomic E-state index is 0.0526. The largest absolute Gasteiger partial charge is 0.496 e. The molecule has 0 saturated heterocycles. The Balaban J connectivity index is 2.77. The van der Waals surface area contributed by atoms with Gasteiger partial charge in [0.05, 0.1) is 12.7 Å². The molecule has 21 heavy (non-hydrogen) atoms. The van der Waals surface area contributed by atoms with Gasteiger partial charge < -0.3 is 21.0 Å². The predicted molar refractivity (Wildman–Crippen MR) is 85.9 cm³/mol. The Hall–Kier alpha value is -1.75. The molecule has 1 rings (SSSR count). The molecule has 1 aromatic rings. The van der Waals surface area contributed by atoms with Crippen LogP contribution >= 0.6 is 0 Å². The minimum absolute atomic E-state index is 0.0526. The van der Waals surface area contributed by atoms with E-state index < -0.39 is 0 Å². The van der Waals surface area contributed by atoms with E-state index in [1.807, 2.05) is 18.2 Å². The zero-order valence-electron chi connectivity index (χ0n) is 13.4. The van der Waals surface area contributed by atoms with Crippen LogP contribution in [0.15, 0.2) is 23.4 Å². The van der Waals surface area contributed by atoms with Crippen LogP contribution in [-0.2, 0) is 6.54 Å². The van der Waals surface area contributed by atoms with Gasteiger partial charge >= 0.3 is 0 Å². The smallest absolute Gasteiger partial charge is 0.173 e. The second-order valence-electron chi connectivity index (χ2n) is 5.27. The molecule has 5 nitrogen and oxygen atoms in total. The van der Waals surface area contributed by atoms with E-state index in [0.29, 0.717) is 23.3 Å². The predicted octanol–water partition coefficient (Wildman–Crippen LogP) is 2.70. The first-order valence-electron chi connectivity index (χ1n) is 7.45. The first-order valence-corrected chi connectivity index (χ1v) is 7.45. The summed E-state index contributed by atoms with van der Waals surface area (Å²) < 4.78 is 5.31. The Kier molecular flexibility index (Phi) is 7.02. The fourth-order valence-corrected chi connectivity index (χ4v) is 2.55. The summed E-state index contributed by atoms with van der Waals surface area (Å²) in [6.45, 7) is 7.44. The average Bonchev–Trinajstić information content (AvgIpc) is 2.52. The number of amidine groups is 1. The van der Waals surface area contributed by atoms with Crippen LogP contribution in [0.25, 0.3) is 0 Å². The quantitative estimate of drug-likeness (QED) is 0.298. The van der Waals surface area contributed by atoms with Crippen LogP contribution < -0.4 is 15.8 Å². The molecule has 0 heterocycles. The van der Waals surface area contributed by atoms with Crippen molar-refractivity contribution in [3.8, 4) is 5.75 Å². The molecule has 1 unspecified atom stereocenters. The molecule has 0 aliphatic carbocycles. The minimum Gasteiger partial charge on any atom is -0.496 e. The number of methoxy groups -OCH3 is 1. The average molecular weight is 293 g/mol. The van der Waals surface area contributed by atoms with Crippen LogP contribution in [-0.4, -0.2) is 24.2 Å². The van der Waals surface area contributed by atoms with E-state index in [9.17, 15) is 0 Å². The summed E-state index contributed by atoms with van der Waals surface area (Å²) in [4.78, 5) is 0. The molecule has 0 saturated carbocycles. The van der Waals surface area contributed by atoms with Gasteiger partial charge in [0, 0.05) is 12.6 Å². The highest BCUT2D eigenvalue weighted by molar-refractivity contribution is 5.99. The van der Waals surface area contributed by atoms with Gasteiger partial charge in [-0.15, -0.1) is 0 Å². The van der Waals surface area contributed by atoms with Crippen molar-refractivity contribution in [3.63, 3.8) is 0 Å². The Morgan fingerprint density at radius 3 is 2.57 bits per heavy atom. The normalized spacial score (nSPS) is 13.5. The number of benzene rings is 1. The van der Waals surface area contributed by atoms with Gasteiger partial charge in [-0.25, -0.2) is 0 Å². The number of ether oxygens (including phenoxy) is 1. The first-order chi connectivity index (χ1) is 10.1. The maximum absolute atomic E-state index is 8.76. The SMILES string of the molecule is CCC(CC)C(C)NCc1ccc(/C(N)=N/O)c(OC)c1. The number of hydrogen-bond acceptors (Lipinski definition) is 4. The third-order valence-electron chi connectivity index (χ3n) is 4.03. The third-order valence-corrected chi connectivity index (χ3v) is 4.03. The monoisotopic (exact) mass is 293 g/mol. The molecule has 0 bridgehead atoms. The van der Waals surface area contributed by atoms with Crippen LogP contribution in [0.4, 0.5) is 0 Å². The molecule has 0 aliphatic heterocycles. The van der Waals surface area contributed by atoms with Crippen LogP contribution in [0.5, 0.6) is 5.75 Å². The lowest BCUT2D eigenvalue weighted by atomic mass is 9.95. The van der Waals surface area contributed by atoms with Crippen molar-refractivity contribution < 1.29 is 9.94 Å². The zero-order valence-corrected chi connectivity index (χ0v) is 13.4. The lowest BCUT2D eigenvalue weighted by molar-refractivity contribution is 0.318. The lowest BCUT2D eigenvalue weighted by Gasteiger charge is -2.22. The van der Waals surface area contributed by atoms with Gasteiger partial charge in [0.2, 0.25) is 0 Å². The molecule has 1 atom stereocenters. The van der Waals surface area contributed by atoms with E-state index in [-0.39, 0.29) is 5.84 Å². The molecule has 0 radical (unpaired) electrons. The van der Waals surface area contributed by atoms with Crippen molar-refractivity contribution in [2.75, 3.05) is 7.11 Å². The van der Waals surface area contributed by atoms with Gasteiger partial charge in [-0.2, -0.15) is 0 Å². The Bertz CT molecular complexity index is 471. The van der Waals surface area contributed by atoms with E-state index in [1.54, 1.807) is 7.11 Å². The van der Waals surface area contributed by atoms with Gasteiger partial charge in [0.25, 0.3) is 0 Å². The number of hydrogen-bond donors (Lipinski definition) is 3. The highest BCUT2D eigenvalue weighted by atomic mass is 16.5. The zero-order chi connectivity index (χ0) is 15.8. The number of oxime groups is 1. The highest BCUT2D eigenvalue weighted by Gasteiger charge is 2.13. The van der Waals surface area contributed by atoms with E-state index >= 15 is 0 Å². The summed E-state index contributed by atoms with van der Waals surface area (Å²) >= 11 is 0. The van der Waals surface area contributed by atoms with Gasteiger partial charge in [0.1, 0.15) is 5.75 Å². The number of rotatable bonds is 8. The third kappa shape index (κ3) is 4.63. The van der Waals surface area contributed by atoms with Crippen LogP contribution in [0.3, 0.4) is 0 Å². The molecule has 0 spiro atoms. The van der Waals surface area contributed by atoms with Crippen molar-refractivity contribution in [1.82, 2.24) is 5.32 Å². The molecule has 0 aliphatic rings. The molecular formula is C16H27N3O2. The van der Waals surface area contributed by atoms with Crippen molar-refractivity contribution in [2.24, 2.45) is 16.8 Å². The van der Waals surface area contributed by atoms with Crippen LogP contribution in [0, 0.1) is 5.92 Å². The van der Waals surface area contributed by atoms with E-state index in [4.69, 9.17) is 15.7 Å². The molecular weight excluding hydrogens is 266 g/mol. The molecule has 4 N–H and O–H groups in total. The van der Waals surface area contributed by atoms with Crippen molar-refractivity contribution in [2.45, 2.75) is 46.2 Å². The van der Waals surface area contributed by atoms with Gasteiger partial charge in [0.15, 0.2) is 5.84 Å². The van der Waals surface area contributed by atoms with E-state index in [0.717, 1.165) is 12.1 Å². The molecule has 0 amide bonds. The maximum atomic E-state index is 8.76. The Morgan fingerprint density at radius 1 is 1.38 bits per heavy atom. The van der Waals surface area contributed by atoms with Crippen molar-refractivity contribution in [1.29, 1.82) is 0 Å². The second kappa shape index (κ2) is 8.52. The van der Waals surface area contributed by atoms with E-state index in [1.165, 1.54) is 12.8 Å². The topological polar surface area (TPSA) is 79.9 Å². The number of nitrogens with two attached hydrogens (primary N) is 1. The van der Waals surface area contributed by atoms with E-state index in [2.05, 4.69) is 31.2 Å². The summed E-state index contributed by atoms with van der Waals surface area (Å²) in [5.74, 6) is 1.35. The fraction of sp³-hybridized carbons (Fsp3) is 0.562. The summed E-state index contributed by atoms with van der Waals surface area (Å²) in [5, 5.41) is 15.3. The van der Waals surface area contributed by atoms with Crippen molar-refractivity contribution >= 4 is 5.84 Å². The van der Waals surface area contributed by atoms with Crippen LogP contribution in [0.2, 0.25) is 0 Å². The summed E-state index contributed by atoms with van der Waals surface area (Å²) in [6, 6.07) is 6.16.